The van der Waals surface area contributed by atoms with E-state index in [1.54, 1.807) is 0 Å². The minimum absolute atomic E-state index is 0.303. The van der Waals surface area contributed by atoms with Crippen LogP contribution in [0, 0.1) is 0 Å². The maximum Gasteiger partial charge on any atom is 0.320 e. The average Bonchev–Trinajstić information content (AvgIpc) is 2.38. The number of hydrogen-bond donors (Lipinski definition) is 1. The van der Waals surface area contributed by atoms with Crippen molar-refractivity contribution in [1.82, 2.24) is 9.80 Å². The lowest BCUT2D eigenvalue weighted by molar-refractivity contribution is -0.145. The van der Waals surface area contributed by atoms with Crippen molar-refractivity contribution in [2.45, 2.75) is 58.5 Å². The molecule has 0 aliphatic carbocycles. The molecule has 0 bridgehead atoms. The van der Waals surface area contributed by atoms with Gasteiger partial charge in [0.1, 0.15) is 6.04 Å². The van der Waals surface area contributed by atoms with E-state index in [0.717, 1.165) is 45.4 Å². The molecular formula is C14H28N2O2. The second-order valence-electron chi connectivity index (χ2n) is 5.17. The zero-order chi connectivity index (χ0) is 13.5. The van der Waals surface area contributed by atoms with E-state index in [1.807, 2.05) is 6.92 Å². The Balaban J connectivity index is 2.64. The van der Waals surface area contributed by atoms with Crippen LogP contribution in [0.15, 0.2) is 0 Å². The molecule has 0 aromatic carbocycles. The summed E-state index contributed by atoms with van der Waals surface area (Å²) in [6, 6.07) is 0.150. The van der Waals surface area contributed by atoms with Gasteiger partial charge >= 0.3 is 5.97 Å². The molecule has 1 N–H and O–H groups in total. The fourth-order valence-corrected chi connectivity index (χ4v) is 2.97. The fraction of sp³-hybridized carbons (Fsp3) is 0.929. The fourth-order valence-electron chi connectivity index (χ4n) is 2.97. The Morgan fingerprint density at radius 2 is 1.94 bits per heavy atom. The molecule has 0 aromatic heterocycles. The summed E-state index contributed by atoms with van der Waals surface area (Å²) in [4.78, 5) is 16.0. The lowest BCUT2D eigenvalue weighted by atomic mass is 9.99. The van der Waals surface area contributed by atoms with Crippen LogP contribution in [0.3, 0.4) is 0 Å². The molecule has 0 saturated carbocycles. The number of likely N-dealkylation sites (tertiary alicyclic amines) is 1. The third kappa shape index (κ3) is 3.95. The number of aliphatic carboxylic acids is 1. The predicted octanol–water partition coefficient (Wildman–Crippen LogP) is 2.05. The molecule has 4 heteroatoms. The number of carbonyl (C=O) groups is 1. The molecule has 1 saturated heterocycles. The molecule has 1 fully saturated rings. The van der Waals surface area contributed by atoms with Gasteiger partial charge in [0.25, 0.3) is 0 Å². The number of rotatable bonds is 7. The van der Waals surface area contributed by atoms with Crippen LogP contribution in [-0.4, -0.2) is 59.1 Å². The molecule has 0 amide bonds. The SMILES string of the molecule is CCCN(C1CCN(CC)CC1)C(CC)C(=O)O. The van der Waals surface area contributed by atoms with E-state index in [-0.39, 0.29) is 6.04 Å². The summed E-state index contributed by atoms with van der Waals surface area (Å²) in [6.45, 7) is 10.5. The van der Waals surface area contributed by atoms with E-state index >= 15 is 0 Å². The Kier molecular flexibility index (Phi) is 6.65. The summed E-state index contributed by atoms with van der Waals surface area (Å²) < 4.78 is 0. The first kappa shape index (κ1) is 15.4. The van der Waals surface area contributed by atoms with Crippen molar-refractivity contribution in [3.05, 3.63) is 0 Å². The maximum absolute atomic E-state index is 11.4. The van der Waals surface area contributed by atoms with E-state index in [2.05, 4.69) is 23.6 Å². The van der Waals surface area contributed by atoms with Gasteiger partial charge in [0.15, 0.2) is 0 Å². The van der Waals surface area contributed by atoms with E-state index < -0.39 is 5.97 Å². The molecule has 1 atom stereocenters. The van der Waals surface area contributed by atoms with E-state index in [9.17, 15) is 9.90 Å². The minimum atomic E-state index is -0.663. The van der Waals surface area contributed by atoms with Gasteiger partial charge in [0.2, 0.25) is 0 Å². The van der Waals surface area contributed by atoms with Crippen LogP contribution in [0.4, 0.5) is 0 Å². The van der Waals surface area contributed by atoms with Crippen molar-refractivity contribution < 1.29 is 9.90 Å². The molecule has 0 aromatic rings. The van der Waals surface area contributed by atoms with Crippen LogP contribution in [0.25, 0.3) is 0 Å². The van der Waals surface area contributed by atoms with Crippen LogP contribution in [0.5, 0.6) is 0 Å². The molecule has 1 unspecified atom stereocenters. The summed E-state index contributed by atoms with van der Waals surface area (Å²) >= 11 is 0. The largest absolute Gasteiger partial charge is 0.480 e. The first-order chi connectivity index (χ1) is 8.63. The van der Waals surface area contributed by atoms with Gasteiger partial charge in [0, 0.05) is 6.04 Å². The smallest absolute Gasteiger partial charge is 0.320 e. The van der Waals surface area contributed by atoms with Gasteiger partial charge in [-0.1, -0.05) is 20.8 Å². The van der Waals surface area contributed by atoms with E-state index in [1.165, 1.54) is 0 Å². The first-order valence-electron chi connectivity index (χ1n) is 7.34. The maximum atomic E-state index is 11.4. The Hall–Kier alpha value is -0.610. The van der Waals surface area contributed by atoms with Crippen molar-refractivity contribution in [2.75, 3.05) is 26.2 Å². The van der Waals surface area contributed by atoms with Gasteiger partial charge in [0.05, 0.1) is 0 Å². The molecule has 1 heterocycles. The highest BCUT2D eigenvalue weighted by atomic mass is 16.4. The normalized spacial score (nSPS) is 20.2. The lowest BCUT2D eigenvalue weighted by Crippen LogP contribution is -2.51. The quantitative estimate of drug-likeness (QED) is 0.757. The summed E-state index contributed by atoms with van der Waals surface area (Å²) in [5, 5.41) is 9.35. The van der Waals surface area contributed by atoms with Crippen LogP contribution in [0.1, 0.15) is 46.5 Å². The van der Waals surface area contributed by atoms with Gasteiger partial charge in [-0.3, -0.25) is 9.69 Å². The molecule has 1 aliphatic heterocycles. The first-order valence-corrected chi connectivity index (χ1v) is 7.34. The van der Waals surface area contributed by atoms with Crippen LogP contribution in [0.2, 0.25) is 0 Å². The highest BCUT2D eigenvalue weighted by Gasteiger charge is 2.31. The molecule has 1 rings (SSSR count). The van der Waals surface area contributed by atoms with Gasteiger partial charge < -0.3 is 10.0 Å². The Morgan fingerprint density at radius 1 is 1.33 bits per heavy atom. The van der Waals surface area contributed by atoms with Crippen molar-refractivity contribution in [3.8, 4) is 0 Å². The molecule has 1 aliphatic rings. The summed E-state index contributed by atoms with van der Waals surface area (Å²) in [6.07, 6.45) is 3.94. The van der Waals surface area contributed by atoms with Crippen molar-refractivity contribution in [1.29, 1.82) is 0 Å². The van der Waals surface area contributed by atoms with Gasteiger partial charge in [-0.05, 0) is 51.9 Å². The average molecular weight is 256 g/mol. The second kappa shape index (κ2) is 7.74. The minimum Gasteiger partial charge on any atom is -0.480 e. The summed E-state index contributed by atoms with van der Waals surface area (Å²) in [5.41, 5.74) is 0. The molecule has 0 spiro atoms. The highest BCUT2D eigenvalue weighted by molar-refractivity contribution is 5.73. The predicted molar refractivity (Wildman–Crippen MR) is 73.8 cm³/mol. The number of carboxylic acid groups (broad SMARTS) is 1. The third-order valence-corrected chi connectivity index (χ3v) is 4.03. The van der Waals surface area contributed by atoms with Crippen LogP contribution in [-0.2, 0) is 4.79 Å². The number of carboxylic acids is 1. The zero-order valence-electron chi connectivity index (χ0n) is 12.1. The Morgan fingerprint density at radius 3 is 2.33 bits per heavy atom. The molecule has 18 heavy (non-hydrogen) atoms. The van der Waals surface area contributed by atoms with Gasteiger partial charge in [-0.25, -0.2) is 0 Å². The Bertz CT molecular complexity index is 250. The van der Waals surface area contributed by atoms with Crippen molar-refractivity contribution in [3.63, 3.8) is 0 Å². The van der Waals surface area contributed by atoms with Crippen molar-refractivity contribution >= 4 is 5.97 Å². The second-order valence-corrected chi connectivity index (χ2v) is 5.17. The van der Waals surface area contributed by atoms with Crippen LogP contribution >= 0.6 is 0 Å². The topological polar surface area (TPSA) is 43.8 Å². The third-order valence-electron chi connectivity index (χ3n) is 4.03. The Labute approximate surface area is 111 Å². The number of hydrogen-bond acceptors (Lipinski definition) is 3. The monoisotopic (exact) mass is 256 g/mol. The molecule has 0 radical (unpaired) electrons. The summed E-state index contributed by atoms with van der Waals surface area (Å²) in [7, 11) is 0. The van der Waals surface area contributed by atoms with Gasteiger partial charge in [-0.15, -0.1) is 0 Å². The molecular weight excluding hydrogens is 228 g/mol. The zero-order valence-corrected chi connectivity index (χ0v) is 12.1. The molecule has 4 nitrogen and oxygen atoms in total. The standard InChI is InChI=1S/C14H28N2O2/c1-4-9-16(13(5-2)14(17)18)12-7-10-15(6-3)11-8-12/h12-13H,4-11H2,1-3H3,(H,17,18). The van der Waals surface area contributed by atoms with Crippen LogP contribution < -0.4 is 0 Å². The summed E-state index contributed by atoms with van der Waals surface area (Å²) in [5.74, 6) is -0.663. The van der Waals surface area contributed by atoms with Crippen molar-refractivity contribution in [2.24, 2.45) is 0 Å². The van der Waals surface area contributed by atoms with E-state index in [0.29, 0.717) is 12.5 Å². The molecule has 106 valence electrons. The lowest BCUT2D eigenvalue weighted by Gasteiger charge is -2.40. The number of piperidine rings is 1. The number of nitrogens with zero attached hydrogens (tertiary/aromatic N) is 2. The highest BCUT2D eigenvalue weighted by Crippen LogP contribution is 2.20. The van der Waals surface area contributed by atoms with Gasteiger partial charge in [-0.2, -0.15) is 0 Å². The van der Waals surface area contributed by atoms with E-state index in [4.69, 9.17) is 0 Å².